The van der Waals surface area contributed by atoms with E-state index in [-0.39, 0.29) is 0 Å². The van der Waals surface area contributed by atoms with Gasteiger partial charge in [-0.1, -0.05) is 0 Å². The Morgan fingerprint density at radius 1 is 1.62 bits per heavy atom. The number of hydrogen-bond acceptors (Lipinski definition) is 4. The molecule has 0 aromatic rings. The molecule has 1 atom stereocenters. The Bertz CT molecular complexity index is 147. The van der Waals surface area contributed by atoms with E-state index in [1.54, 1.807) is 0 Å². The van der Waals surface area contributed by atoms with Crippen LogP contribution in [0.25, 0.3) is 0 Å². The van der Waals surface area contributed by atoms with Crippen molar-refractivity contribution in [2.75, 3.05) is 43.7 Å². The van der Waals surface area contributed by atoms with Crippen LogP contribution >= 0.6 is 23.5 Å². The lowest BCUT2D eigenvalue weighted by Gasteiger charge is -2.37. The zero-order chi connectivity index (χ0) is 9.73. The third kappa shape index (κ3) is 2.78. The molecular formula is C9H20N2S2. The molecule has 1 unspecified atom stereocenters. The SMILES string of the molecule is CSCCN(C)C1(CN)CCSC1. The summed E-state index contributed by atoms with van der Waals surface area (Å²) in [6, 6.07) is 0. The lowest BCUT2D eigenvalue weighted by atomic mass is 9.97. The molecule has 1 aliphatic heterocycles. The van der Waals surface area contributed by atoms with Gasteiger partial charge >= 0.3 is 0 Å². The van der Waals surface area contributed by atoms with Gasteiger partial charge in [-0.3, -0.25) is 4.90 Å². The Balaban J connectivity index is 2.44. The van der Waals surface area contributed by atoms with Crippen molar-refractivity contribution in [2.24, 2.45) is 5.73 Å². The van der Waals surface area contributed by atoms with Crippen LogP contribution < -0.4 is 5.73 Å². The summed E-state index contributed by atoms with van der Waals surface area (Å²) >= 11 is 3.95. The molecule has 1 rings (SSSR count). The Morgan fingerprint density at radius 3 is 2.85 bits per heavy atom. The van der Waals surface area contributed by atoms with Gasteiger partial charge in [-0.2, -0.15) is 23.5 Å². The van der Waals surface area contributed by atoms with Gasteiger partial charge < -0.3 is 5.73 Å². The fourth-order valence-electron chi connectivity index (χ4n) is 1.68. The van der Waals surface area contributed by atoms with Crippen molar-refractivity contribution in [3.05, 3.63) is 0 Å². The molecule has 2 N–H and O–H groups in total. The summed E-state index contributed by atoms with van der Waals surface area (Å²) in [5, 5.41) is 0. The monoisotopic (exact) mass is 220 g/mol. The number of likely N-dealkylation sites (N-methyl/N-ethyl adjacent to an activating group) is 1. The summed E-state index contributed by atoms with van der Waals surface area (Å²) in [4.78, 5) is 2.46. The minimum atomic E-state index is 0.306. The van der Waals surface area contributed by atoms with Crippen molar-refractivity contribution in [1.29, 1.82) is 0 Å². The third-order valence-electron chi connectivity index (χ3n) is 2.90. The van der Waals surface area contributed by atoms with E-state index in [2.05, 4.69) is 18.2 Å². The maximum atomic E-state index is 5.88. The second-order valence-corrected chi connectivity index (χ2v) is 5.74. The maximum Gasteiger partial charge on any atom is 0.0427 e. The summed E-state index contributed by atoms with van der Waals surface area (Å²) in [6.07, 6.45) is 3.42. The van der Waals surface area contributed by atoms with Crippen molar-refractivity contribution in [1.82, 2.24) is 4.90 Å². The van der Waals surface area contributed by atoms with Crippen molar-refractivity contribution in [3.63, 3.8) is 0 Å². The highest BCUT2D eigenvalue weighted by Crippen LogP contribution is 2.31. The maximum absolute atomic E-state index is 5.88. The number of nitrogens with zero attached hydrogens (tertiary/aromatic N) is 1. The van der Waals surface area contributed by atoms with Crippen molar-refractivity contribution >= 4 is 23.5 Å². The zero-order valence-corrected chi connectivity index (χ0v) is 10.2. The quantitative estimate of drug-likeness (QED) is 0.752. The molecule has 1 fully saturated rings. The van der Waals surface area contributed by atoms with E-state index in [0.717, 1.165) is 6.54 Å². The van der Waals surface area contributed by atoms with E-state index < -0.39 is 0 Å². The van der Waals surface area contributed by atoms with Crippen LogP contribution in [0.5, 0.6) is 0 Å². The molecule has 0 bridgehead atoms. The molecule has 0 aliphatic carbocycles. The van der Waals surface area contributed by atoms with E-state index >= 15 is 0 Å². The minimum absolute atomic E-state index is 0.306. The normalized spacial score (nSPS) is 28.6. The van der Waals surface area contributed by atoms with E-state index in [0.29, 0.717) is 5.54 Å². The first-order chi connectivity index (χ1) is 6.25. The van der Waals surface area contributed by atoms with Crippen LogP contribution in [0.2, 0.25) is 0 Å². The summed E-state index contributed by atoms with van der Waals surface area (Å²) in [5.74, 6) is 3.71. The average molecular weight is 220 g/mol. The van der Waals surface area contributed by atoms with E-state index in [9.17, 15) is 0 Å². The molecule has 0 aromatic heterocycles. The summed E-state index contributed by atoms with van der Waals surface area (Å²) in [5.41, 5.74) is 6.19. The number of rotatable bonds is 5. The van der Waals surface area contributed by atoms with Gasteiger partial charge in [-0.05, 0) is 25.5 Å². The first-order valence-electron chi connectivity index (χ1n) is 4.73. The van der Waals surface area contributed by atoms with Crippen LogP contribution in [0.15, 0.2) is 0 Å². The van der Waals surface area contributed by atoms with Gasteiger partial charge in [0.15, 0.2) is 0 Å². The fourth-order valence-corrected chi connectivity index (χ4v) is 3.67. The standard InChI is InChI=1S/C9H20N2S2/c1-11(4-6-12-2)9(7-10)3-5-13-8-9/h3-8,10H2,1-2H3. The molecule has 1 saturated heterocycles. The smallest absolute Gasteiger partial charge is 0.0427 e. The second kappa shape index (κ2) is 5.49. The first kappa shape index (κ1) is 11.7. The molecule has 1 heterocycles. The third-order valence-corrected chi connectivity index (χ3v) is 4.73. The van der Waals surface area contributed by atoms with Crippen LogP contribution in [0.3, 0.4) is 0 Å². The molecule has 0 amide bonds. The van der Waals surface area contributed by atoms with Gasteiger partial charge in [0.1, 0.15) is 0 Å². The van der Waals surface area contributed by atoms with E-state index in [4.69, 9.17) is 5.73 Å². The van der Waals surface area contributed by atoms with Crippen LogP contribution in [0.4, 0.5) is 0 Å². The van der Waals surface area contributed by atoms with Gasteiger partial charge in [-0.25, -0.2) is 0 Å². The van der Waals surface area contributed by atoms with Gasteiger partial charge in [0.2, 0.25) is 0 Å². The topological polar surface area (TPSA) is 29.3 Å². The highest BCUT2D eigenvalue weighted by atomic mass is 32.2. The van der Waals surface area contributed by atoms with Gasteiger partial charge in [0, 0.05) is 30.1 Å². The van der Waals surface area contributed by atoms with Crippen molar-refractivity contribution in [2.45, 2.75) is 12.0 Å². The van der Waals surface area contributed by atoms with Crippen LogP contribution in [0, 0.1) is 0 Å². The highest BCUT2D eigenvalue weighted by molar-refractivity contribution is 7.99. The number of nitrogens with two attached hydrogens (primary N) is 1. The minimum Gasteiger partial charge on any atom is -0.329 e. The molecule has 78 valence electrons. The highest BCUT2D eigenvalue weighted by Gasteiger charge is 2.36. The number of thioether (sulfide) groups is 2. The summed E-state index contributed by atoms with van der Waals surface area (Å²) in [7, 11) is 2.22. The Morgan fingerprint density at radius 2 is 2.38 bits per heavy atom. The Labute approximate surface area is 90.0 Å². The molecular weight excluding hydrogens is 200 g/mol. The lowest BCUT2D eigenvalue weighted by molar-refractivity contribution is 0.161. The molecule has 2 nitrogen and oxygen atoms in total. The van der Waals surface area contributed by atoms with E-state index in [1.165, 1.54) is 30.2 Å². The Kier molecular flexibility index (Phi) is 4.94. The molecule has 1 aliphatic rings. The van der Waals surface area contributed by atoms with Crippen LogP contribution in [0.1, 0.15) is 6.42 Å². The fraction of sp³-hybridized carbons (Fsp3) is 1.00. The zero-order valence-electron chi connectivity index (χ0n) is 8.58. The predicted molar refractivity (Wildman–Crippen MR) is 64.7 cm³/mol. The average Bonchev–Trinajstić information content (AvgIpc) is 2.63. The Hall–Kier alpha value is 0.620. The summed E-state index contributed by atoms with van der Waals surface area (Å²) in [6.45, 7) is 1.98. The van der Waals surface area contributed by atoms with Crippen molar-refractivity contribution < 1.29 is 0 Å². The van der Waals surface area contributed by atoms with Gasteiger partial charge in [-0.15, -0.1) is 0 Å². The molecule has 0 radical (unpaired) electrons. The molecule has 0 aromatic carbocycles. The predicted octanol–water partition coefficient (Wildman–Crippen LogP) is 1.12. The van der Waals surface area contributed by atoms with Crippen molar-refractivity contribution in [3.8, 4) is 0 Å². The van der Waals surface area contributed by atoms with E-state index in [1.807, 2.05) is 23.5 Å². The first-order valence-corrected chi connectivity index (χ1v) is 7.28. The largest absolute Gasteiger partial charge is 0.329 e. The summed E-state index contributed by atoms with van der Waals surface area (Å²) < 4.78 is 0. The van der Waals surface area contributed by atoms with Gasteiger partial charge in [0.25, 0.3) is 0 Å². The van der Waals surface area contributed by atoms with Crippen LogP contribution in [-0.4, -0.2) is 54.1 Å². The van der Waals surface area contributed by atoms with Crippen LogP contribution in [-0.2, 0) is 0 Å². The van der Waals surface area contributed by atoms with Gasteiger partial charge in [0.05, 0.1) is 0 Å². The lowest BCUT2D eigenvalue weighted by Crippen LogP contribution is -2.53. The number of hydrogen-bond donors (Lipinski definition) is 1. The second-order valence-electron chi connectivity index (χ2n) is 3.65. The molecule has 0 saturated carbocycles. The molecule has 13 heavy (non-hydrogen) atoms. The molecule has 4 heteroatoms. The molecule has 0 spiro atoms.